The molecule has 1 saturated heterocycles. The molecule has 3 N–H and O–H groups in total. The van der Waals surface area contributed by atoms with Gasteiger partial charge in [0.15, 0.2) is 0 Å². The first-order valence-corrected chi connectivity index (χ1v) is 10.1. The number of piperidine rings is 1. The van der Waals surface area contributed by atoms with E-state index in [2.05, 4.69) is 22.9 Å². The Hall–Kier alpha value is -1.54. The van der Waals surface area contributed by atoms with Crippen LogP contribution in [0.2, 0.25) is 0 Å². The number of ether oxygens (including phenoxy) is 1. The Morgan fingerprint density at radius 2 is 2.14 bits per heavy atom. The molecule has 1 saturated carbocycles. The molecule has 0 aromatic rings. The Morgan fingerprint density at radius 1 is 1.39 bits per heavy atom. The lowest BCUT2D eigenvalue weighted by Gasteiger charge is -2.42. The van der Waals surface area contributed by atoms with Crippen molar-refractivity contribution >= 4 is 11.8 Å². The fourth-order valence-electron chi connectivity index (χ4n) is 4.81. The molecule has 3 aliphatic rings. The molecule has 1 aliphatic carbocycles. The molecule has 8 atom stereocenters. The first-order chi connectivity index (χ1) is 13.3. The second-order valence-electron chi connectivity index (χ2n) is 8.38. The Kier molecular flexibility index (Phi) is 6.70. The van der Waals surface area contributed by atoms with Crippen LogP contribution in [0.15, 0.2) is 11.6 Å². The normalized spacial score (nSPS) is 39.4. The van der Waals surface area contributed by atoms with Gasteiger partial charge in [-0.1, -0.05) is 13.0 Å². The van der Waals surface area contributed by atoms with Gasteiger partial charge < -0.3 is 20.7 Å². The van der Waals surface area contributed by atoms with Crippen LogP contribution in [0.3, 0.4) is 0 Å². The minimum absolute atomic E-state index is 0.0564. The number of hydrogen-bond donors (Lipinski definition) is 3. The summed E-state index contributed by atoms with van der Waals surface area (Å²) < 4.78 is 32.9. The molecule has 0 radical (unpaired) electrons. The molecule has 158 valence electrons. The van der Waals surface area contributed by atoms with Crippen LogP contribution in [0, 0.1) is 11.8 Å². The maximum atomic E-state index is 14.1. The van der Waals surface area contributed by atoms with Crippen LogP contribution in [-0.2, 0) is 14.3 Å². The van der Waals surface area contributed by atoms with Gasteiger partial charge in [0.25, 0.3) is 0 Å². The third-order valence-corrected chi connectivity index (χ3v) is 6.45. The SMILES string of the molecule is COC1CCC2NC(=O)C(CC(=O)N[C@H](C)C3NCC(F)CC3F)=CC2C1C. The first kappa shape index (κ1) is 21.2. The van der Waals surface area contributed by atoms with Gasteiger partial charge in [0.2, 0.25) is 11.8 Å². The van der Waals surface area contributed by atoms with E-state index in [0.717, 1.165) is 12.8 Å². The molecule has 0 spiro atoms. The zero-order valence-corrected chi connectivity index (χ0v) is 16.7. The fourth-order valence-corrected chi connectivity index (χ4v) is 4.81. The van der Waals surface area contributed by atoms with Gasteiger partial charge in [-0.3, -0.25) is 9.59 Å². The highest BCUT2D eigenvalue weighted by molar-refractivity contribution is 5.99. The van der Waals surface area contributed by atoms with Crippen molar-refractivity contribution in [3.05, 3.63) is 11.6 Å². The molecule has 0 aromatic heterocycles. The minimum Gasteiger partial charge on any atom is -0.381 e. The fraction of sp³-hybridized carbons (Fsp3) is 0.800. The van der Waals surface area contributed by atoms with E-state index in [0.29, 0.717) is 5.57 Å². The Morgan fingerprint density at radius 3 is 2.82 bits per heavy atom. The predicted octanol–water partition coefficient (Wildman–Crippen LogP) is 1.41. The van der Waals surface area contributed by atoms with E-state index >= 15 is 0 Å². The summed E-state index contributed by atoms with van der Waals surface area (Å²) in [5.41, 5.74) is 0.437. The lowest BCUT2D eigenvalue weighted by Crippen LogP contribution is -2.58. The van der Waals surface area contributed by atoms with Crippen molar-refractivity contribution in [3.63, 3.8) is 0 Å². The number of carbonyl (C=O) groups excluding carboxylic acids is 2. The number of fused-ring (bicyclic) bond motifs is 1. The minimum atomic E-state index is -1.36. The Labute approximate surface area is 164 Å². The summed E-state index contributed by atoms with van der Waals surface area (Å²) in [6.45, 7) is 3.88. The van der Waals surface area contributed by atoms with Crippen molar-refractivity contribution in [2.24, 2.45) is 11.8 Å². The zero-order valence-electron chi connectivity index (χ0n) is 16.7. The van der Waals surface area contributed by atoms with E-state index in [1.807, 2.05) is 6.08 Å². The summed E-state index contributed by atoms with van der Waals surface area (Å²) in [5.74, 6) is -0.177. The highest BCUT2D eigenvalue weighted by Crippen LogP contribution is 2.36. The van der Waals surface area contributed by atoms with Crippen molar-refractivity contribution in [1.82, 2.24) is 16.0 Å². The molecular weight excluding hydrogens is 368 g/mol. The summed E-state index contributed by atoms with van der Waals surface area (Å²) in [6.07, 6.45) is 1.03. The molecule has 2 aliphatic heterocycles. The van der Waals surface area contributed by atoms with Gasteiger partial charge in [0, 0.05) is 43.7 Å². The number of hydrogen-bond acceptors (Lipinski definition) is 4. The van der Waals surface area contributed by atoms with Gasteiger partial charge in [0.05, 0.1) is 18.6 Å². The van der Waals surface area contributed by atoms with Crippen LogP contribution >= 0.6 is 0 Å². The van der Waals surface area contributed by atoms with Crippen LogP contribution in [0.25, 0.3) is 0 Å². The smallest absolute Gasteiger partial charge is 0.247 e. The van der Waals surface area contributed by atoms with Gasteiger partial charge in [-0.2, -0.15) is 0 Å². The molecule has 3 rings (SSSR count). The quantitative estimate of drug-likeness (QED) is 0.653. The van der Waals surface area contributed by atoms with Gasteiger partial charge in [-0.15, -0.1) is 0 Å². The average molecular weight is 399 g/mol. The summed E-state index contributed by atoms with van der Waals surface area (Å²) in [4.78, 5) is 24.9. The highest BCUT2D eigenvalue weighted by atomic mass is 19.1. The maximum absolute atomic E-state index is 14.1. The van der Waals surface area contributed by atoms with E-state index in [-0.39, 0.29) is 55.2 Å². The summed E-state index contributed by atoms with van der Waals surface area (Å²) in [7, 11) is 1.70. The molecule has 2 heterocycles. The molecule has 8 heteroatoms. The molecule has 28 heavy (non-hydrogen) atoms. The molecule has 2 amide bonds. The number of rotatable bonds is 5. The van der Waals surface area contributed by atoms with Crippen LogP contribution in [-0.4, -0.2) is 62.0 Å². The molecule has 6 nitrogen and oxygen atoms in total. The average Bonchev–Trinajstić information content (AvgIpc) is 2.63. The van der Waals surface area contributed by atoms with Crippen molar-refractivity contribution in [3.8, 4) is 0 Å². The van der Waals surface area contributed by atoms with Crippen LogP contribution in [0.1, 0.15) is 39.5 Å². The number of halogens is 2. The molecule has 0 aromatic carbocycles. The van der Waals surface area contributed by atoms with E-state index in [1.54, 1.807) is 14.0 Å². The van der Waals surface area contributed by atoms with Gasteiger partial charge in [-0.25, -0.2) is 8.78 Å². The highest BCUT2D eigenvalue weighted by Gasteiger charge is 2.40. The van der Waals surface area contributed by atoms with Crippen LogP contribution in [0.5, 0.6) is 0 Å². The molecule has 2 fully saturated rings. The lowest BCUT2D eigenvalue weighted by atomic mass is 9.72. The predicted molar refractivity (Wildman–Crippen MR) is 101 cm³/mol. The number of methoxy groups -OCH3 is 1. The van der Waals surface area contributed by atoms with Gasteiger partial charge in [0.1, 0.15) is 12.3 Å². The second-order valence-corrected chi connectivity index (χ2v) is 8.38. The van der Waals surface area contributed by atoms with Crippen LogP contribution < -0.4 is 16.0 Å². The zero-order chi connectivity index (χ0) is 20.4. The third kappa shape index (κ3) is 4.54. The number of nitrogens with one attached hydrogen (secondary N) is 3. The summed E-state index contributed by atoms with van der Waals surface area (Å²) in [5, 5.41) is 8.60. The maximum Gasteiger partial charge on any atom is 0.247 e. The van der Waals surface area contributed by atoms with Crippen LogP contribution in [0.4, 0.5) is 8.78 Å². The Balaban J connectivity index is 1.60. The first-order valence-electron chi connectivity index (χ1n) is 10.1. The van der Waals surface area contributed by atoms with E-state index in [9.17, 15) is 18.4 Å². The summed E-state index contributed by atoms with van der Waals surface area (Å²) >= 11 is 0. The number of amides is 2. The number of alkyl halides is 2. The van der Waals surface area contributed by atoms with Gasteiger partial charge in [-0.05, 0) is 25.7 Å². The molecule has 0 bridgehead atoms. The van der Waals surface area contributed by atoms with Crippen molar-refractivity contribution in [2.45, 2.75) is 76.1 Å². The largest absolute Gasteiger partial charge is 0.381 e. The third-order valence-electron chi connectivity index (χ3n) is 6.45. The van der Waals surface area contributed by atoms with Crippen molar-refractivity contribution < 1.29 is 23.1 Å². The lowest BCUT2D eigenvalue weighted by molar-refractivity contribution is -0.125. The van der Waals surface area contributed by atoms with Gasteiger partial charge >= 0.3 is 0 Å². The topological polar surface area (TPSA) is 79.5 Å². The summed E-state index contributed by atoms with van der Waals surface area (Å²) in [6, 6.07) is -1.05. The number of carbonyl (C=O) groups is 2. The Bertz CT molecular complexity index is 630. The second kappa shape index (κ2) is 8.86. The molecule has 7 unspecified atom stereocenters. The van der Waals surface area contributed by atoms with Crippen molar-refractivity contribution in [2.75, 3.05) is 13.7 Å². The van der Waals surface area contributed by atoms with E-state index in [4.69, 9.17) is 4.74 Å². The monoisotopic (exact) mass is 399 g/mol. The standard InChI is InChI=1S/C20H31F2N3O3/c1-10-14-6-12(20(27)25-16(14)4-5-17(10)28-3)7-18(26)24-11(2)19-15(22)8-13(21)9-23-19/h6,10-11,13-17,19,23H,4-5,7-9H2,1-3H3,(H,24,26)(H,25,27)/t10?,11-,13?,14?,15?,16?,17?,19?/m1/s1. The molecular formula is C20H31F2N3O3. The van der Waals surface area contributed by atoms with E-state index < -0.39 is 24.4 Å². The van der Waals surface area contributed by atoms with E-state index in [1.165, 1.54) is 0 Å². The van der Waals surface area contributed by atoms with Crippen molar-refractivity contribution in [1.29, 1.82) is 0 Å².